The van der Waals surface area contributed by atoms with Crippen molar-refractivity contribution in [2.24, 2.45) is 5.41 Å². The lowest BCUT2D eigenvalue weighted by atomic mass is 9.70. The first-order valence-electron chi connectivity index (χ1n) is 10.2. The second kappa shape index (κ2) is 9.00. The van der Waals surface area contributed by atoms with Crippen molar-refractivity contribution in [1.82, 2.24) is 10.2 Å². The van der Waals surface area contributed by atoms with Crippen molar-refractivity contribution in [3.8, 4) is 0 Å². The Morgan fingerprint density at radius 2 is 1.79 bits per heavy atom. The van der Waals surface area contributed by atoms with Crippen LogP contribution in [0.3, 0.4) is 0 Å². The van der Waals surface area contributed by atoms with Gasteiger partial charge in [0.2, 0.25) is 5.91 Å². The van der Waals surface area contributed by atoms with Gasteiger partial charge in [-0.15, -0.1) is 0 Å². The zero-order valence-electron chi connectivity index (χ0n) is 17.3. The number of hydrogen-bond acceptors (Lipinski definition) is 2. The number of halogens is 1. The fourth-order valence-electron chi connectivity index (χ4n) is 4.22. The molecule has 0 aromatic heterocycles. The number of likely N-dealkylation sites (tertiary alicyclic amines) is 1. The molecule has 2 atom stereocenters. The van der Waals surface area contributed by atoms with Crippen LogP contribution in [0.1, 0.15) is 55.5 Å². The maximum atomic E-state index is 12.9. The SMILES string of the molecule is CC(CC(=O)N1CCC(c2ccc(Cl)cc2)C(C)(C)C1)NC(=O)c1ccccc1. The van der Waals surface area contributed by atoms with E-state index in [1.165, 1.54) is 5.56 Å². The van der Waals surface area contributed by atoms with Crippen molar-refractivity contribution >= 4 is 23.4 Å². The van der Waals surface area contributed by atoms with Crippen molar-refractivity contribution in [3.63, 3.8) is 0 Å². The first-order chi connectivity index (χ1) is 13.8. The Hall–Kier alpha value is -2.33. The van der Waals surface area contributed by atoms with Gasteiger partial charge < -0.3 is 10.2 Å². The fourth-order valence-corrected chi connectivity index (χ4v) is 4.35. The van der Waals surface area contributed by atoms with Gasteiger partial charge in [-0.2, -0.15) is 0 Å². The van der Waals surface area contributed by atoms with E-state index in [-0.39, 0.29) is 23.3 Å². The number of carbonyl (C=O) groups is 2. The Morgan fingerprint density at radius 3 is 2.41 bits per heavy atom. The minimum absolute atomic E-state index is 0.0295. The molecule has 154 valence electrons. The molecule has 5 heteroatoms. The normalized spacial score (nSPS) is 19.4. The summed E-state index contributed by atoms with van der Waals surface area (Å²) in [6.07, 6.45) is 1.23. The highest BCUT2D eigenvalue weighted by molar-refractivity contribution is 6.30. The topological polar surface area (TPSA) is 49.4 Å². The molecule has 1 N–H and O–H groups in total. The molecule has 0 radical (unpaired) electrons. The number of amides is 2. The molecule has 1 fully saturated rings. The molecule has 2 aromatic rings. The molecule has 0 saturated carbocycles. The lowest BCUT2D eigenvalue weighted by Crippen LogP contribution is -2.48. The number of hydrogen-bond donors (Lipinski definition) is 1. The molecule has 4 nitrogen and oxygen atoms in total. The number of nitrogens with zero attached hydrogens (tertiary/aromatic N) is 1. The van der Waals surface area contributed by atoms with Gasteiger partial charge in [-0.1, -0.05) is 55.8 Å². The van der Waals surface area contributed by atoms with Crippen molar-refractivity contribution in [2.75, 3.05) is 13.1 Å². The Morgan fingerprint density at radius 1 is 1.14 bits per heavy atom. The van der Waals surface area contributed by atoms with Gasteiger partial charge in [0.25, 0.3) is 5.91 Å². The maximum absolute atomic E-state index is 12.9. The highest BCUT2D eigenvalue weighted by atomic mass is 35.5. The minimum atomic E-state index is -0.215. The Labute approximate surface area is 178 Å². The molecular formula is C24H29ClN2O2. The zero-order valence-corrected chi connectivity index (χ0v) is 18.1. The third-order valence-corrected chi connectivity index (χ3v) is 6.00. The summed E-state index contributed by atoms with van der Waals surface area (Å²) in [7, 11) is 0. The van der Waals surface area contributed by atoms with E-state index in [4.69, 9.17) is 11.6 Å². The smallest absolute Gasteiger partial charge is 0.251 e. The summed E-state index contributed by atoms with van der Waals surface area (Å²) in [4.78, 5) is 27.1. The predicted molar refractivity (Wildman–Crippen MR) is 117 cm³/mol. The molecule has 2 aromatic carbocycles. The highest BCUT2D eigenvalue weighted by Crippen LogP contribution is 2.42. The molecule has 1 aliphatic heterocycles. The molecule has 2 amide bonds. The van der Waals surface area contributed by atoms with Crippen LogP contribution >= 0.6 is 11.6 Å². The molecule has 0 aliphatic carbocycles. The summed E-state index contributed by atoms with van der Waals surface area (Å²) >= 11 is 6.03. The lowest BCUT2D eigenvalue weighted by molar-refractivity contribution is -0.135. The maximum Gasteiger partial charge on any atom is 0.251 e. The van der Waals surface area contributed by atoms with Gasteiger partial charge in [0.15, 0.2) is 0 Å². The average molecular weight is 413 g/mol. The molecule has 1 heterocycles. The van der Waals surface area contributed by atoms with Gasteiger partial charge in [-0.25, -0.2) is 0 Å². The van der Waals surface area contributed by atoms with Crippen LogP contribution in [-0.4, -0.2) is 35.8 Å². The monoisotopic (exact) mass is 412 g/mol. The van der Waals surface area contributed by atoms with Gasteiger partial charge in [-0.3, -0.25) is 9.59 Å². The van der Waals surface area contributed by atoms with E-state index in [1.807, 2.05) is 42.2 Å². The number of piperidine rings is 1. The van der Waals surface area contributed by atoms with Crippen LogP contribution in [0.4, 0.5) is 0 Å². The highest BCUT2D eigenvalue weighted by Gasteiger charge is 2.38. The van der Waals surface area contributed by atoms with E-state index in [0.29, 0.717) is 24.4 Å². The standard InChI is InChI=1S/C24H29ClN2O2/c1-17(26-23(29)19-7-5-4-6-8-19)15-22(28)27-14-13-21(24(2,3)16-27)18-9-11-20(25)12-10-18/h4-12,17,21H,13-16H2,1-3H3,(H,26,29). The predicted octanol–water partition coefficient (Wildman–Crippen LogP) is 4.89. The van der Waals surface area contributed by atoms with Crippen molar-refractivity contribution in [3.05, 3.63) is 70.7 Å². The molecule has 3 rings (SSSR count). The number of benzene rings is 2. The fraction of sp³-hybridized carbons (Fsp3) is 0.417. The van der Waals surface area contributed by atoms with Crippen LogP contribution in [-0.2, 0) is 4.79 Å². The molecule has 1 saturated heterocycles. The Balaban J connectivity index is 1.57. The second-order valence-electron chi connectivity index (χ2n) is 8.64. The summed E-state index contributed by atoms with van der Waals surface area (Å²) in [5.41, 5.74) is 1.85. The van der Waals surface area contributed by atoms with Gasteiger partial charge in [0.1, 0.15) is 0 Å². The van der Waals surface area contributed by atoms with Crippen molar-refractivity contribution in [2.45, 2.75) is 45.6 Å². The first kappa shape index (κ1) is 21.4. The molecular weight excluding hydrogens is 384 g/mol. The third kappa shape index (κ3) is 5.39. The van der Waals surface area contributed by atoms with E-state index in [0.717, 1.165) is 18.0 Å². The van der Waals surface area contributed by atoms with E-state index in [1.54, 1.807) is 12.1 Å². The van der Waals surface area contributed by atoms with Crippen molar-refractivity contribution < 1.29 is 9.59 Å². The van der Waals surface area contributed by atoms with Crippen LogP contribution in [0, 0.1) is 5.41 Å². The summed E-state index contributed by atoms with van der Waals surface area (Å²) in [6.45, 7) is 7.75. The van der Waals surface area contributed by atoms with Crippen LogP contribution in [0.2, 0.25) is 5.02 Å². The van der Waals surface area contributed by atoms with Crippen LogP contribution < -0.4 is 5.32 Å². The average Bonchev–Trinajstić information content (AvgIpc) is 2.68. The third-order valence-electron chi connectivity index (χ3n) is 5.75. The van der Waals surface area contributed by atoms with Crippen LogP contribution in [0.15, 0.2) is 54.6 Å². The van der Waals surface area contributed by atoms with E-state index >= 15 is 0 Å². The number of carbonyl (C=O) groups excluding carboxylic acids is 2. The lowest BCUT2D eigenvalue weighted by Gasteiger charge is -2.45. The van der Waals surface area contributed by atoms with Gasteiger partial charge in [0.05, 0.1) is 0 Å². The van der Waals surface area contributed by atoms with Gasteiger partial charge in [-0.05, 0) is 54.5 Å². The summed E-state index contributed by atoms with van der Waals surface area (Å²) in [5, 5.41) is 3.67. The van der Waals surface area contributed by atoms with E-state index in [2.05, 4.69) is 31.3 Å². The summed E-state index contributed by atoms with van der Waals surface area (Å²) < 4.78 is 0. The Kier molecular flexibility index (Phi) is 6.63. The van der Waals surface area contributed by atoms with Gasteiger partial charge >= 0.3 is 0 Å². The van der Waals surface area contributed by atoms with Crippen LogP contribution in [0.25, 0.3) is 0 Å². The molecule has 0 bridgehead atoms. The summed E-state index contributed by atoms with van der Waals surface area (Å²) in [5.74, 6) is 0.334. The minimum Gasteiger partial charge on any atom is -0.349 e. The molecule has 1 aliphatic rings. The molecule has 29 heavy (non-hydrogen) atoms. The first-order valence-corrected chi connectivity index (χ1v) is 10.5. The van der Waals surface area contributed by atoms with E-state index in [9.17, 15) is 9.59 Å². The molecule has 0 spiro atoms. The zero-order chi connectivity index (χ0) is 21.0. The Bertz CT molecular complexity index is 849. The molecule has 2 unspecified atom stereocenters. The second-order valence-corrected chi connectivity index (χ2v) is 9.08. The quantitative estimate of drug-likeness (QED) is 0.759. The van der Waals surface area contributed by atoms with Gasteiger partial charge in [0, 0.05) is 36.1 Å². The number of nitrogens with one attached hydrogen (secondary N) is 1. The van der Waals surface area contributed by atoms with Crippen LogP contribution in [0.5, 0.6) is 0 Å². The van der Waals surface area contributed by atoms with E-state index < -0.39 is 0 Å². The number of rotatable bonds is 5. The largest absolute Gasteiger partial charge is 0.349 e. The van der Waals surface area contributed by atoms with Crippen molar-refractivity contribution in [1.29, 1.82) is 0 Å². The summed E-state index contributed by atoms with van der Waals surface area (Å²) in [6, 6.07) is 16.9.